The molecule has 2 amide bonds. The van der Waals surface area contributed by atoms with E-state index in [4.69, 9.17) is 4.42 Å². The first-order chi connectivity index (χ1) is 10.8. The fourth-order valence-corrected chi connectivity index (χ4v) is 2.15. The normalized spacial score (nSPS) is 12.7. The van der Waals surface area contributed by atoms with Crippen LogP contribution in [0, 0.1) is 6.92 Å². The summed E-state index contributed by atoms with van der Waals surface area (Å²) < 4.78 is 5.32. The number of anilines is 1. The van der Waals surface area contributed by atoms with Gasteiger partial charge in [0.2, 0.25) is 0 Å². The molecular weight excluding hydrogens is 292 g/mol. The quantitative estimate of drug-likeness (QED) is 0.804. The smallest absolute Gasteiger partial charge is 0.319 e. The fraction of sp³-hybridized carbons (Fsp3) is 0.389. The van der Waals surface area contributed by atoms with Gasteiger partial charge in [0.05, 0.1) is 6.54 Å². The number of carbonyl (C=O) groups is 1. The van der Waals surface area contributed by atoms with Gasteiger partial charge in [-0.05, 0) is 42.2 Å². The van der Waals surface area contributed by atoms with Gasteiger partial charge in [-0.2, -0.15) is 0 Å². The molecule has 2 aromatic rings. The maximum Gasteiger partial charge on any atom is 0.319 e. The number of aliphatic hydroxyl groups is 1. The van der Waals surface area contributed by atoms with Crippen LogP contribution in [-0.4, -0.2) is 17.7 Å². The Morgan fingerprint density at radius 1 is 1.17 bits per heavy atom. The van der Waals surface area contributed by atoms with E-state index in [2.05, 4.69) is 31.4 Å². The highest BCUT2D eigenvalue weighted by Crippen LogP contribution is 2.23. The summed E-state index contributed by atoms with van der Waals surface area (Å²) in [6, 6.07) is 10.8. The Kier molecular flexibility index (Phi) is 5.11. The van der Waals surface area contributed by atoms with Gasteiger partial charge in [-0.25, -0.2) is 4.79 Å². The van der Waals surface area contributed by atoms with Gasteiger partial charge in [-0.15, -0.1) is 0 Å². The first-order valence-corrected chi connectivity index (χ1v) is 7.65. The van der Waals surface area contributed by atoms with Crippen molar-refractivity contribution < 1.29 is 14.3 Å². The summed E-state index contributed by atoms with van der Waals surface area (Å²) in [6.45, 7) is 8.30. The molecule has 0 saturated carbocycles. The van der Waals surface area contributed by atoms with E-state index in [-0.39, 0.29) is 18.0 Å². The van der Waals surface area contributed by atoms with Gasteiger partial charge in [-0.1, -0.05) is 32.9 Å². The molecule has 2 rings (SSSR count). The number of aliphatic hydroxyl groups excluding tert-OH is 1. The van der Waals surface area contributed by atoms with E-state index >= 15 is 0 Å². The minimum Gasteiger partial charge on any atom is -0.464 e. The molecule has 5 nitrogen and oxygen atoms in total. The highest BCUT2D eigenvalue weighted by molar-refractivity contribution is 5.89. The summed E-state index contributed by atoms with van der Waals surface area (Å²) in [5.74, 6) is 1.17. The summed E-state index contributed by atoms with van der Waals surface area (Å²) >= 11 is 0. The molecular formula is C18H24N2O3. The number of benzene rings is 1. The molecule has 0 bridgehead atoms. The Morgan fingerprint density at radius 3 is 2.35 bits per heavy atom. The fourth-order valence-electron chi connectivity index (χ4n) is 2.15. The van der Waals surface area contributed by atoms with Crippen LogP contribution in [0.15, 0.2) is 40.8 Å². The van der Waals surface area contributed by atoms with Crippen LogP contribution in [0.5, 0.6) is 0 Å². The molecule has 0 aliphatic rings. The van der Waals surface area contributed by atoms with Crippen molar-refractivity contribution in [2.45, 2.75) is 39.2 Å². The van der Waals surface area contributed by atoms with E-state index in [1.807, 2.05) is 24.3 Å². The van der Waals surface area contributed by atoms with E-state index in [1.54, 1.807) is 19.1 Å². The standard InChI is InChI=1S/C18H24N2O3/c1-12-5-10-16(23-12)15(21)11-19-17(22)20-14-8-6-13(7-9-14)18(2,3)4/h5-10,15,21H,11H2,1-4H3,(H2,19,20,22). The van der Waals surface area contributed by atoms with Crippen molar-refractivity contribution in [3.8, 4) is 0 Å². The topological polar surface area (TPSA) is 74.5 Å². The van der Waals surface area contributed by atoms with Crippen molar-refractivity contribution in [2.75, 3.05) is 11.9 Å². The van der Waals surface area contributed by atoms with Crippen LogP contribution < -0.4 is 10.6 Å². The molecule has 1 atom stereocenters. The van der Waals surface area contributed by atoms with E-state index in [0.717, 1.165) is 5.76 Å². The molecule has 0 radical (unpaired) electrons. The molecule has 0 aliphatic carbocycles. The molecule has 1 heterocycles. The number of hydrogen-bond donors (Lipinski definition) is 3. The minimum atomic E-state index is -0.863. The van der Waals surface area contributed by atoms with Crippen molar-refractivity contribution in [3.63, 3.8) is 0 Å². The summed E-state index contributed by atoms with van der Waals surface area (Å²) in [6.07, 6.45) is -0.863. The SMILES string of the molecule is Cc1ccc(C(O)CNC(=O)Nc2ccc(C(C)(C)C)cc2)o1. The van der Waals surface area contributed by atoms with Crippen molar-refractivity contribution >= 4 is 11.7 Å². The number of amides is 2. The Labute approximate surface area is 136 Å². The van der Waals surface area contributed by atoms with Crippen LogP contribution in [0.25, 0.3) is 0 Å². The Balaban J connectivity index is 1.85. The van der Waals surface area contributed by atoms with Gasteiger partial charge < -0.3 is 20.2 Å². The monoisotopic (exact) mass is 316 g/mol. The van der Waals surface area contributed by atoms with Crippen molar-refractivity contribution in [1.29, 1.82) is 0 Å². The third kappa shape index (κ3) is 4.86. The average molecular weight is 316 g/mol. The maximum atomic E-state index is 11.9. The molecule has 0 aliphatic heterocycles. The number of aryl methyl sites for hydroxylation is 1. The minimum absolute atomic E-state index is 0.0755. The molecule has 5 heteroatoms. The molecule has 1 unspecified atom stereocenters. The Bertz CT molecular complexity index is 654. The number of nitrogens with one attached hydrogen (secondary N) is 2. The average Bonchev–Trinajstić information content (AvgIpc) is 2.91. The Hall–Kier alpha value is -2.27. The van der Waals surface area contributed by atoms with E-state index < -0.39 is 6.10 Å². The lowest BCUT2D eigenvalue weighted by atomic mass is 9.87. The first-order valence-electron chi connectivity index (χ1n) is 7.65. The molecule has 3 N–H and O–H groups in total. The number of carbonyl (C=O) groups excluding carboxylic acids is 1. The highest BCUT2D eigenvalue weighted by atomic mass is 16.4. The summed E-state index contributed by atoms with van der Waals surface area (Å²) in [5.41, 5.74) is 1.98. The van der Waals surface area contributed by atoms with Crippen molar-refractivity contribution in [2.24, 2.45) is 0 Å². The summed E-state index contributed by atoms with van der Waals surface area (Å²) in [4.78, 5) is 11.9. The van der Waals surface area contributed by atoms with Gasteiger partial charge in [0.15, 0.2) is 0 Å². The van der Waals surface area contributed by atoms with Crippen LogP contribution in [-0.2, 0) is 5.41 Å². The van der Waals surface area contributed by atoms with Gasteiger partial charge in [0.25, 0.3) is 0 Å². The van der Waals surface area contributed by atoms with Crippen molar-refractivity contribution in [1.82, 2.24) is 5.32 Å². The van der Waals surface area contributed by atoms with Gasteiger partial charge >= 0.3 is 6.03 Å². The molecule has 0 fully saturated rings. The maximum absolute atomic E-state index is 11.9. The lowest BCUT2D eigenvalue weighted by Gasteiger charge is -2.19. The van der Waals surface area contributed by atoms with Crippen LogP contribution in [0.2, 0.25) is 0 Å². The number of furan rings is 1. The third-order valence-electron chi connectivity index (χ3n) is 3.55. The lowest BCUT2D eigenvalue weighted by Crippen LogP contribution is -2.32. The number of hydrogen-bond acceptors (Lipinski definition) is 3. The van der Waals surface area contributed by atoms with Crippen LogP contribution in [0.4, 0.5) is 10.5 Å². The Morgan fingerprint density at radius 2 is 1.83 bits per heavy atom. The van der Waals surface area contributed by atoms with Gasteiger partial charge in [0.1, 0.15) is 17.6 Å². The van der Waals surface area contributed by atoms with Gasteiger partial charge in [0, 0.05) is 5.69 Å². The van der Waals surface area contributed by atoms with Crippen LogP contribution >= 0.6 is 0 Å². The molecule has 1 aromatic heterocycles. The second-order valence-corrected chi connectivity index (χ2v) is 6.63. The molecule has 1 aromatic carbocycles. The molecule has 124 valence electrons. The number of rotatable bonds is 4. The lowest BCUT2D eigenvalue weighted by molar-refractivity contribution is 0.148. The van der Waals surface area contributed by atoms with E-state index in [9.17, 15) is 9.90 Å². The largest absolute Gasteiger partial charge is 0.464 e. The second kappa shape index (κ2) is 6.87. The zero-order chi connectivity index (χ0) is 17.0. The van der Waals surface area contributed by atoms with E-state index in [0.29, 0.717) is 11.4 Å². The zero-order valence-electron chi connectivity index (χ0n) is 14.0. The predicted molar refractivity (Wildman–Crippen MR) is 90.6 cm³/mol. The first kappa shape index (κ1) is 17.1. The van der Waals surface area contributed by atoms with E-state index in [1.165, 1.54) is 5.56 Å². The highest BCUT2D eigenvalue weighted by Gasteiger charge is 2.14. The number of urea groups is 1. The van der Waals surface area contributed by atoms with Gasteiger partial charge in [-0.3, -0.25) is 0 Å². The zero-order valence-corrected chi connectivity index (χ0v) is 14.0. The molecule has 0 saturated heterocycles. The second-order valence-electron chi connectivity index (χ2n) is 6.63. The van der Waals surface area contributed by atoms with Crippen LogP contribution in [0.1, 0.15) is 44.0 Å². The molecule has 23 heavy (non-hydrogen) atoms. The van der Waals surface area contributed by atoms with Crippen molar-refractivity contribution in [3.05, 3.63) is 53.5 Å². The predicted octanol–water partition coefficient (Wildman–Crippen LogP) is 3.74. The van der Waals surface area contributed by atoms with Crippen LogP contribution in [0.3, 0.4) is 0 Å². The summed E-state index contributed by atoms with van der Waals surface area (Å²) in [5, 5.41) is 15.3. The summed E-state index contributed by atoms with van der Waals surface area (Å²) in [7, 11) is 0. The molecule has 0 spiro atoms. The third-order valence-corrected chi connectivity index (χ3v) is 3.55.